The number of halogens is 4. The molecule has 21 heavy (non-hydrogen) atoms. The molecule has 2 aromatic rings. The van der Waals surface area contributed by atoms with Crippen molar-refractivity contribution in [1.82, 2.24) is 5.32 Å². The Bertz CT molecular complexity index is 635. The predicted molar refractivity (Wildman–Crippen MR) is 69.0 cm³/mol. The van der Waals surface area contributed by atoms with Crippen LogP contribution in [0.25, 0.3) is 0 Å². The highest BCUT2D eigenvalue weighted by atomic mass is 19.4. The largest absolute Gasteiger partial charge is 0.416 e. The molecule has 1 amide bonds. The minimum atomic E-state index is -4.39. The molecule has 0 saturated carbocycles. The Balaban J connectivity index is 1.98. The lowest BCUT2D eigenvalue weighted by Gasteiger charge is -2.08. The van der Waals surface area contributed by atoms with E-state index >= 15 is 0 Å². The van der Waals surface area contributed by atoms with Crippen LogP contribution in [0.5, 0.6) is 0 Å². The number of rotatable bonds is 3. The molecule has 0 aliphatic rings. The van der Waals surface area contributed by atoms with Gasteiger partial charge in [0.05, 0.1) is 5.56 Å². The summed E-state index contributed by atoms with van der Waals surface area (Å²) in [4.78, 5) is 11.7. The number of benzene rings is 2. The minimum Gasteiger partial charge on any atom is -0.348 e. The van der Waals surface area contributed by atoms with Crippen molar-refractivity contribution in [2.45, 2.75) is 12.7 Å². The third-order valence-electron chi connectivity index (χ3n) is 2.82. The van der Waals surface area contributed by atoms with Crippen LogP contribution in [-0.4, -0.2) is 5.91 Å². The first-order valence-corrected chi connectivity index (χ1v) is 6.06. The lowest BCUT2D eigenvalue weighted by Crippen LogP contribution is -2.22. The van der Waals surface area contributed by atoms with E-state index in [1.165, 1.54) is 30.3 Å². The molecular formula is C15H11F4NO. The summed E-state index contributed by atoms with van der Waals surface area (Å²) < 4.78 is 50.1. The molecule has 110 valence electrons. The van der Waals surface area contributed by atoms with Gasteiger partial charge in [-0.25, -0.2) is 4.39 Å². The van der Waals surface area contributed by atoms with Crippen LogP contribution in [0.1, 0.15) is 21.5 Å². The van der Waals surface area contributed by atoms with Gasteiger partial charge in [0.2, 0.25) is 0 Å². The van der Waals surface area contributed by atoms with Crippen molar-refractivity contribution in [2.24, 2.45) is 0 Å². The van der Waals surface area contributed by atoms with E-state index in [9.17, 15) is 22.4 Å². The summed E-state index contributed by atoms with van der Waals surface area (Å²) in [6, 6.07) is 9.62. The molecule has 0 aliphatic heterocycles. The van der Waals surface area contributed by atoms with Gasteiger partial charge in [0.15, 0.2) is 0 Å². The van der Waals surface area contributed by atoms with Crippen LogP contribution in [0.2, 0.25) is 0 Å². The number of carbonyl (C=O) groups is 1. The van der Waals surface area contributed by atoms with E-state index in [1.807, 2.05) is 0 Å². The molecule has 0 fully saturated rings. The van der Waals surface area contributed by atoms with Gasteiger partial charge in [-0.05, 0) is 35.9 Å². The molecule has 1 N–H and O–H groups in total. The SMILES string of the molecule is O=C(NCc1ccc(C(F)(F)F)cc1)c1cccc(F)c1. The molecule has 2 aromatic carbocycles. The first-order valence-electron chi connectivity index (χ1n) is 6.06. The summed E-state index contributed by atoms with van der Waals surface area (Å²) in [7, 11) is 0. The van der Waals surface area contributed by atoms with Gasteiger partial charge in [-0.2, -0.15) is 13.2 Å². The fourth-order valence-electron chi connectivity index (χ4n) is 1.73. The zero-order chi connectivity index (χ0) is 15.5. The lowest BCUT2D eigenvalue weighted by atomic mass is 10.1. The van der Waals surface area contributed by atoms with Crippen molar-refractivity contribution in [3.63, 3.8) is 0 Å². The average molecular weight is 297 g/mol. The summed E-state index contributed by atoms with van der Waals surface area (Å²) in [5, 5.41) is 2.51. The van der Waals surface area contributed by atoms with Crippen molar-refractivity contribution >= 4 is 5.91 Å². The maximum atomic E-state index is 13.0. The molecule has 0 spiro atoms. The van der Waals surface area contributed by atoms with E-state index in [4.69, 9.17) is 0 Å². The van der Waals surface area contributed by atoms with Crippen LogP contribution in [0.4, 0.5) is 17.6 Å². The van der Waals surface area contributed by atoms with E-state index in [-0.39, 0.29) is 12.1 Å². The normalized spacial score (nSPS) is 11.2. The van der Waals surface area contributed by atoms with Crippen molar-refractivity contribution in [2.75, 3.05) is 0 Å². The summed E-state index contributed by atoms with van der Waals surface area (Å²) >= 11 is 0. The fourth-order valence-corrected chi connectivity index (χ4v) is 1.73. The van der Waals surface area contributed by atoms with E-state index in [1.54, 1.807) is 0 Å². The fraction of sp³-hybridized carbons (Fsp3) is 0.133. The molecule has 0 aliphatic carbocycles. The monoisotopic (exact) mass is 297 g/mol. The number of hydrogen-bond acceptors (Lipinski definition) is 1. The molecule has 0 heterocycles. The van der Waals surface area contributed by atoms with Gasteiger partial charge in [0, 0.05) is 12.1 Å². The molecule has 0 radical (unpaired) electrons. The van der Waals surface area contributed by atoms with Gasteiger partial charge >= 0.3 is 6.18 Å². The number of hydrogen-bond donors (Lipinski definition) is 1. The first-order chi connectivity index (χ1) is 9.86. The second kappa shape index (κ2) is 5.95. The quantitative estimate of drug-likeness (QED) is 0.858. The van der Waals surface area contributed by atoms with Crippen molar-refractivity contribution < 1.29 is 22.4 Å². The van der Waals surface area contributed by atoms with Crippen molar-refractivity contribution in [1.29, 1.82) is 0 Å². The van der Waals surface area contributed by atoms with Crippen LogP contribution in [0.15, 0.2) is 48.5 Å². The molecule has 0 bridgehead atoms. The highest BCUT2D eigenvalue weighted by molar-refractivity contribution is 5.94. The van der Waals surface area contributed by atoms with E-state index < -0.39 is 23.5 Å². The van der Waals surface area contributed by atoms with Gasteiger partial charge in [0.1, 0.15) is 5.82 Å². The first kappa shape index (κ1) is 15.0. The second-order valence-corrected chi connectivity index (χ2v) is 4.39. The molecule has 0 aromatic heterocycles. The van der Waals surface area contributed by atoms with Gasteiger partial charge in [0.25, 0.3) is 5.91 Å². The van der Waals surface area contributed by atoms with Gasteiger partial charge < -0.3 is 5.32 Å². The standard InChI is InChI=1S/C15H11F4NO/c16-13-3-1-2-11(8-13)14(21)20-9-10-4-6-12(7-5-10)15(17,18)19/h1-8H,9H2,(H,20,21). The van der Waals surface area contributed by atoms with Crippen LogP contribution >= 0.6 is 0 Å². The zero-order valence-corrected chi connectivity index (χ0v) is 10.7. The highest BCUT2D eigenvalue weighted by Gasteiger charge is 2.29. The smallest absolute Gasteiger partial charge is 0.348 e. The van der Waals surface area contributed by atoms with Gasteiger partial charge in [-0.15, -0.1) is 0 Å². The van der Waals surface area contributed by atoms with Gasteiger partial charge in [-0.3, -0.25) is 4.79 Å². The lowest BCUT2D eigenvalue weighted by molar-refractivity contribution is -0.137. The molecule has 2 rings (SSSR count). The maximum Gasteiger partial charge on any atom is 0.416 e. The predicted octanol–water partition coefficient (Wildman–Crippen LogP) is 3.77. The van der Waals surface area contributed by atoms with Crippen molar-refractivity contribution in [3.8, 4) is 0 Å². The number of amides is 1. The van der Waals surface area contributed by atoms with Crippen LogP contribution in [-0.2, 0) is 12.7 Å². The third kappa shape index (κ3) is 4.05. The topological polar surface area (TPSA) is 29.1 Å². The van der Waals surface area contributed by atoms with E-state index in [0.717, 1.165) is 18.2 Å². The molecule has 0 saturated heterocycles. The second-order valence-electron chi connectivity index (χ2n) is 4.39. The highest BCUT2D eigenvalue weighted by Crippen LogP contribution is 2.29. The Morgan fingerprint density at radius 3 is 2.29 bits per heavy atom. The Hall–Kier alpha value is -2.37. The van der Waals surface area contributed by atoms with Crippen molar-refractivity contribution in [3.05, 3.63) is 71.0 Å². The van der Waals surface area contributed by atoms with Crippen LogP contribution in [0.3, 0.4) is 0 Å². The molecule has 6 heteroatoms. The van der Waals surface area contributed by atoms with Crippen LogP contribution in [0, 0.1) is 5.82 Å². The Labute approximate surface area is 118 Å². The Morgan fingerprint density at radius 1 is 1.05 bits per heavy atom. The molecule has 0 atom stereocenters. The summed E-state index contributed by atoms with van der Waals surface area (Å²) in [6.45, 7) is 0.0630. The minimum absolute atomic E-state index is 0.0630. The van der Waals surface area contributed by atoms with Gasteiger partial charge in [-0.1, -0.05) is 18.2 Å². The third-order valence-corrected chi connectivity index (χ3v) is 2.82. The molecular weight excluding hydrogens is 286 g/mol. The van der Waals surface area contributed by atoms with Crippen LogP contribution < -0.4 is 5.32 Å². The average Bonchev–Trinajstić information content (AvgIpc) is 2.44. The maximum absolute atomic E-state index is 13.0. The number of alkyl halides is 3. The molecule has 2 nitrogen and oxygen atoms in total. The van der Waals surface area contributed by atoms with E-state index in [0.29, 0.717) is 5.56 Å². The number of carbonyl (C=O) groups excluding carboxylic acids is 1. The Kier molecular flexibility index (Phi) is 4.26. The zero-order valence-electron chi connectivity index (χ0n) is 10.7. The summed E-state index contributed by atoms with van der Waals surface area (Å²) in [5.41, 5.74) is -0.0719. The number of nitrogens with one attached hydrogen (secondary N) is 1. The van der Waals surface area contributed by atoms with E-state index in [2.05, 4.69) is 5.32 Å². The summed E-state index contributed by atoms with van der Waals surface area (Å²) in [6.07, 6.45) is -4.39. The Morgan fingerprint density at radius 2 is 1.71 bits per heavy atom. The molecule has 0 unspecified atom stereocenters. The summed E-state index contributed by atoms with van der Waals surface area (Å²) in [5.74, 6) is -1.02.